The summed E-state index contributed by atoms with van der Waals surface area (Å²) < 4.78 is 0. The van der Waals surface area contributed by atoms with Crippen molar-refractivity contribution in [2.24, 2.45) is 0 Å². The number of hydrogen-bond acceptors (Lipinski definition) is 4. The maximum absolute atomic E-state index is 4.17. The fourth-order valence-electron chi connectivity index (χ4n) is 1.46. The summed E-state index contributed by atoms with van der Waals surface area (Å²) in [6.45, 7) is 0.952. The van der Waals surface area contributed by atoms with Crippen molar-refractivity contribution < 1.29 is 0 Å². The summed E-state index contributed by atoms with van der Waals surface area (Å²) in [4.78, 5) is 5.58. The van der Waals surface area contributed by atoms with Crippen molar-refractivity contribution in [3.63, 3.8) is 0 Å². The summed E-state index contributed by atoms with van der Waals surface area (Å²) >= 11 is 1.80. The van der Waals surface area contributed by atoms with Crippen LogP contribution in [0.3, 0.4) is 0 Å². The van der Waals surface area contributed by atoms with Crippen molar-refractivity contribution in [2.45, 2.75) is 6.42 Å². The Bertz CT molecular complexity index is 426. The van der Waals surface area contributed by atoms with Gasteiger partial charge in [-0.15, -0.1) is 11.3 Å². The number of anilines is 2. The second kappa shape index (κ2) is 5.51. The van der Waals surface area contributed by atoms with Gasteiger partial charge in [-0.05, 0) is 23.9 Å². The second-order valence-electron chi connectivity index (χ2n) is 3.44. The zero-order chi connectivity index (χ0) is 11.2. The summed E-state index contributed by atoms with van der Waals surface area (Å²) in [6, 6.07) is 8.24. The van der Waals surface area contributed by atoms with Gasteiger partial charge >= 0.3 is 0 Å². The molecule has 0 aromatic carbocycles. The molecule has 0 aliphatic rings. The number of rotatable bonds is 5. The number of nitrogens with zero attached hydrogens (tertiary/aromatic N) is 1. The van der Waals surface area contributed by atoms with Gasteiger partial charge in [-0.1, -0.05) is 6.07 Å². The molecule has 0 radical (unpaired) electrons. The third-order valence-electron chi connectivity index (χ3n) is 2.30. The lowest BCUT2D eigenvalue weighted by Gasteiger charge is -2.06. The lowest BCUT2D eigenvalue weighted by Crippen LogP contribution is -2.04. The van der Waals surface area contributed by atoms with E-state index in [-0.39, 0.29) is 0 Å². The number of nitrogens with one attached hydrogen (secondary N) is 2. The summed E-state index contributed by atoms with van der Waals surface area (Å²) in [5, 5.41) is 8.52. The number of hydrogen-bond donors (Lipinski definition) is 2. The van der Waals surface area contributed by atoms with Crippen molar-refractivity contribution in [1.29, 1.82) is 0 Å². The Labute approximate surface area is 99.5 Å². The van der Waals surface area contributed by atoms with Crippen LogP contribution in [0, 0.1) is 0 Å². The van der Waals surface area contributed by atoms with Crippen molar-refractivity contribution >= 4 is 22.8 Å². The zero-order valence-corrected chi connectivity index (χ0v) is 10.1. The fraction of sp³-hybridized carbons (Fsp3) is 0.250. The maximum Gasteiger partial charge on any atom is 0.127 e. The third kappa shape index (κ3) is 2.97. The maximum atomic E-state index is 4.17. The Morgan fingerprint density at radius 2 is 2.31 bits per heavy atom. The molecule has 0 saturated carbocycles. The van der Waals surface area contributed by atoms with E-state index >= 15 is 0 Å². The van der Waals surface area contributed by atoms with E-state index in [4.69, 9.17) is 0 Å². The van der Waals surface area contributed by atoms with Crippen LogP contribution in [0.25, 0.3) is 0 Å². The van der Waals surface area contributed by atoms with Crippen LogP contribution in [-0.4, -0.2) is 18.6 Å². The molecule has 0 unspecified atom stereocenters. The average molecular weight is 233 g/mol. The molecule has 2 rings (SSSR count). The molecule has 0 aliphatic heterocycles. The van der Waals surface area contributed by atoms with Gasteiger partial charge in [0.2, 0.25) is 0 Å². The zero-order valence-electron chi connectivity index (χ0n) is 9.23. The van der Waals surface area contributed by atoms with E-state index in [2.05, 4.69) is 33.1 Å². The van der Waals surface area contributed by atoms with Gasteiger partial charge in [0.25, 0.3) is 0 Å². The highest BCUT2D eigenvalue weighted by atomic mass is 32.1. The van der Waals surface area contributed by atoms with E-state index in [0.717, 1.165) is 24.5 Å². The topological polar surface area (TPSA) is 37.0 Å². The Morgan fingerprint density at radius 1 is 1.38 bits per heavy atom. The lowest BCUT2D eigenvalue weighted by atomic mass is 10.3. The first-order valence-corrected chi connectivity index (χ1v) is 6.16. The van der Waals surface area contributed by atoms with Crippen LogP contribution < -0.4 is 10.6 Å². The first-order chi connectivity index (χ1) is 7.88. The third-order valence-corrected chi connectivity index (χ3v) is 3.23. The summed E-state index contributed by atoms with van der Waals surface area (Å²) in [7, 11) is 1.87. The fourth-order valence-corrected chi connectivity index (χ4v) is 2.17. The Morgan fingerprint density at radius 3 is 3.06 bits per heavy atom. The molecule has 0 saturated heterocycles. The first-order valence-electron chi connectivity index (χ1n) is 5.28. The van der Waals surface area contributed by atoms with Gasteiger partial charge in [0.05, 0.1) is 0 Å². The smallest absolute Gasteiger partial charge is 0.127 e. The molecule has 84 valence electrons. The molecule has 2 aromatic rings. The van der Waals surface area contributed by atoms with E-state index in [9.17, 15) is 0 Å². The molecule has 0 atom stereocenters. The SMILES string of the molecule is CNc1cc(NCCc2cccs2)ccn1. The van der Waals surface area contributed by atoms with Gasteiger partial charge in [0, 0.05) is 36.4 Å². The molecule has 4 heteroatoms. The molecule has 0 bridgehead atoms. The van der Waals surface area contributed by atoms with Crippen molar-refractivity contribution in [3.05, 3.63) is 40.7 Å². The van der Waals surface area contributed by atoms with Crippen molar-refractivity contribution in [3.8, 4) is 0 Å². The van der Waals surface area contributed by atoms with Gasteiger partial charge in [-0.3, -0.25) is 0 Å². The summed E-state index contributed by atoms with van der Waals surface area (Å²) in [5.74, 6) is 0.890. The summed E-state index contributed by atoms with van der Waals surface area (Å²) in [5.41, 5.74) is 1.11. The minimum Gasteiger partial charge on any atom is -0.385 e. The minimum atomic E-state index is 0.890. The molecule has 0 amide bonds. The lowest BCUT2D eigenvalue weighted by molar-refractivity contribution is 1.04. The highest BCUT2D eigenvalue weighted by Crippen LogP contribution is 2.12. The summed E-state index contributed by atoms with van der Waals surface area (Å²) in [6.07, 6.45) is 2.87. The van der Waals surface area contributed by atoms with Crippen LogP contribution in [0.1, 0.15) is 4.88 Å². The van der Waals surface area contributed by atoms with Crippen LogP contribution >= 0.6 is 11.3 Å². The Kier molecular flexibility index (Phi) is 3.77. The van der Waals surface area contributed by atoms with E-state index in [0.29, 0.717) is 0 Å². The van der Waals surface area contributed by atoms with E-state index in [1.54, 1.807) is 17.5 Å². The quantitative estimate of drug-likeness (QED) is 0.834. The highest BCUT2D eigenvalue weighted by molar-refractivity contribution is 7.09. The van der Waals surface area contributed by atoms with Gasteiger partial charge in [0.1, 0.15) is 5.82 Å². The minimum absolute atomic E-state index is 0.890. The van der Waals surface area contributed by atoms with Gasteiger partial charge in [-0.25, -0.2) is 4.98 Å². The predicted molar refractivity (Wildman–Crippen MR) is 70.3 cm³/mol. The molecule has 2 heterocycles. The largest absolute Gasteiger partial charge is 0.385 e. The molecule has 2 aromatic heterocycles. The molecule has 0 spiro atoms. The van der Waals surface area contributed by atoms with Gasteiger partial charge < -0.3 is 10.6 Å². The van der Waals surface area contributed by atoms with Crippen LogP contribution in [0.15, 0.2) is 35.8 Å². The predicted octanol–water partition coefficient (Wildman–Crippen LogP) is 2.84. The standard InChI is InChI=1S/C12H15N3S/c1-13-12-9-10(4-6-15-12)14-7-5-11-3-2-8-16-11/h2-4,6,8-9H,5,7H2,1H3,(H2,13,14,15). The van der Waals surface area contributed by atoms with Crippen LogP contribution in [0.5, 0.6) is 0 Å². The Hall–Kier alpha value is -1.55. The monoisotopic (exact) mass is 233 g/mol. The second-order valence-corrected chi connectivity index (χ2v) is 4.47. The number of pyridine rings is 1. The van der Waals surface area contributed by atoms with Crippen LogP contribution in [0.2, 0.25) is 0 Å². The van der Waals surface area contributed by atoms with Crippen molar-refractivity contribution in [1.82, 2.24) is 4.98 Å². The van der Waals surface area contributed by atoms with Crippen LogP contribution in [0.4, 0.5) is 11.5 Å². The molecule has 2 N–H and O–H groups in total. The Balaban J connectivity index is 1.85. The van der Waals surface area contributed by atoms with Gasteiger partial charge in [-0.2, -0.15) is 0 Å². The van der Waals surface area contributed by atoms with E-state index in [1.807, 2.05) is 19.2 Å². The molecular weight excluding hydrogens is 218 g/mol. The molecule has 3 nitrogen and oxygen atoms in total. The van der Waals surface area contributed by atoms with E-state index in [1.165, 1.54) is 4.88 Å². The van der Waals surface area contributed by atoms with Gasteiger partial charge in [0.15, 0.2) is 0 Å². The molecule has 0 aliphatic carbocycles. The van der Waals surface area contributed by atoms with Crippen molar-refractivity contribution in [2.75, 3.05) is 24.2 Å². The number of thiophene rings is 1. The number of aromatic nitrogens is 1. The van der Waals surface area contributed by atoms with Crippen LogP contribution in [-0.2, 0) is 6.42 Å². The first kappa shape index (κ1) is 11.0. The molecule has 0 fully saturated rings. The van der Waals surface area contributed by atoms with E-state index < -0.39 is 0 Å². The molecular formula is C12H15N3S. The highest BCUT2D eigenvalue weighted by Gasteiger charge is 1.96. The molecule has 16 heavy (non-hydrogen) atoms. The normalized spacial score (nSPS) is 10.1. The average Bonchev–Trinajstić information content (AvgIpc) is 2.82.